The van der Waals surface area contributed by atoms with Crippen LogP contribution in [0.5, 0.6) is 11.5 Å². The fraction of sp³-hybridized carbons (Fsp3) is 0.176. The third kappa shape index (κ3) is 9.92. The van der Waals surface area contributed by atoms with Crippen LogP contribution in [0.4, 0.5) is 5.69 Å². The van der Waals surface area contributed by atoms with E-state index in [0.29, 0.717) is 17.7 Å². The Labute approximate surface area is 187 Å². The monoisotopic (exact) mass is 484 g/mol. The number of hydrogen-bond acceptors (Lipinski definition) is 10. The van der Waals surface area contributed by atoms with Gasteiger partial charge in [-0.05, 0) is 30.7 Å². The summed E-state index contributed by atoms with van der Waals surface area (Å²) in [6.07, 6.45) is 1.85. The van der Waals surface area contributed by atoms with Crippen molar-refractivity contribution in [1.29, 1.82) is 0 Å². The number of nitro groups is 1. The zero-order valence-electron chi connectivity index (χ0n) is 17.1. The van der Waals surface area contributed by atoms with E-state index in [0.717, 1.165) is 12.1 Å². The second-order valence-corrected chi connectivity index (χ2v) is 7.46. The molecule has 0 amide bonds. The fourth-order valence-electron chi connectivity index (χ4n) is 2.23. The van der Waals surface area contributed by atoms with Gasteiger partial charge in [0.05, 0.1) is 11.5 Å². The number of para-hydroxylation sites is 1. The Kier molecular flexibility index (Phi) is 9.98. The van der Waals surface area contributed by atoms with E-state index in [1.165, 1.54) is 30.5 Å². The number of benzene rings is 2. The summed E-state index contributed by atoms with van der Waals surface area (Å²) in [5.41, 5.74) is 10.4. The van der Waals surface area contributed by atoms with Crippen molar-refractivity contribution in [2.45, 2.75) is 18.2 Å². The highest BCUT2D eigenvalue weighted by molar-refractivity contribution is 7.87. The number of nitrogens with two attached hydrogens (primary N) is 2. The van der Waals surface area contributed by atoms with Crippen molar-refractivity contribution >= 4 is 28.0 Å². The molecule has 178 valence electrons. The summed E-state index contributed by atoms with van der Waals surface area (Å²) in [6, 6.07) is 9.45. The molecule has 0 fully saturated rings. The molecule has 2 aromatic rings. The molecule has 0 unspecified atom stereocenters. The van der Waals surface area contributed by atoms with Crippen LogP contribution in [0.2, 0.25) is 0 Å². The smallest absolute Gasteiger partial charge is 0.346 e. The van der Waals surface area contributed by atoms with Gasteiger partial charge in [0.1, 0.15) is 11.5 Å². The molecule has 0 radical (unpaired) electrons. The molecule has 2 rings (SSSR count). The highest BCUT2D eigenvalue weighted by Crippen LogP contribution is 2.29. The van der Waals surface area contributed by atoms with Gasteiger partial charge in [0, 0.05) is 24.8 Å². The predicted molar refractivity (Wildman–Crippen MR) is 115 cm³/mol. The third-order valence-corrected chi connectivity index (χ3v) is 4.63. The van der Waals surface area contributed by atoms with E-state index in [4.69, 9.17) is 35.7 Å². The third-order valence-electron chi connectivity index (χ3n) is 3.33. The van der Waals surface area contributed by atoms with Gasteiger partial charge in [0.15, 0.2) is 4.90 Å². The Morgan fingerprint density at radius 1 is 1.15 bits per heavy atom. The highest BCUT2D eigenvalue weighted by atomic mass is 32.2. The first-order chi connectivity index (χ1) is 15.4. The standard InChI is InChI=1S/C17H19N5O6S.HNO3/c1-12-9-13(27-8-4-7-20-21-17(18)19)11-14(10-12)28-29(25,26)16-6-3-2-5-15(16)22(23)24;2-1(3)4/h2-3,5-7,9-11H,4,8H2,1H3,(H4,18,19,21);(H,2,3,4). The number of aryl methyl sites for hydroxylation is 1. The van der Waals surface area contributed by atoms with Crippen LogP contribution < -0.4 is 20.4 Å². The summed E-state index contributed by atoms with van der Waals surface area (Å²) < 4.78 is 35.7. The van der Waals surface area contributed by atoms with E-state index in [-0.39, 0.29) is 18.3 Å². The molecule has 0 spiro atoms. The van der Waals surface area contributed by atoms with Crippen LogP contribution in [-0.4, -0.2) is 42.4 Å². The molecular weight excluding hydrogens is 464 g/mol. The molecule has 0 bridgehead atoms. The quantitative estimate of drug-likeness (QED) is 0.115. The molecular formula is C17H20N6O9S. The molecule has 0 heterocycles. The lowest BCUT2D eigenvalue weighted by Gasteiger charge is -2.11. The summed E-state index contributed by atoms with van der Waals surface area (Å²) in [5, 5.41) is 31.8. The first-order valence-electron chi connectivity index (χ1n) is 8.78. The van der Waals surface area contributed by atoms with Gasteiger partial charge in [-0.2, -0.15) is 13.5 Å². The van der Waals surface area contributed by atoms with Gasteiger partial charge in [-0.25, -0.2) is 0 Å². The van der Waals surface area contributed by atoms with Crippen LogP contribution in [-0.2, 0) is 10.1 Å². The largest absolute Gasteiger partial charge is 0.493 e. The van der Waals surface area contributed by atoms with Crippen LogP contribution in [0.1, 0.15) is 12.0 Å². The van der Waals surface area contributed by atoms with Gasteiger partial charge in [0.2, 0.25) is 5.96 Å². The summed E-state index contributed by atoms with van der Waals surface area (Å²) in [4.78, 5) is 18.1. The minimum atomic E-state index is -4.42. The number of guanidine groups is 1. The minimum Gasteiger partial charge on any atom is -0.493 e. The van der Waals surface area contributed by atoms with Crippen molar-refractivity contribution in [2.75, 3.05) is 6.61 Å². The highest BCUT2D eigenvalue weighted by Gasteiger charge is 2.27. The van der Waals surface area contributed by atoms with E-state index in [9.17, 15) is 18.5 Å². The van der Waals surface area contributed by atoms with Crippen molar-refractivity contribution < 1.29 is 32.6 Å². The molecule has 0 saturated carbocycles. The lowest BCUT2D eigenvalue weighted by Crippen LogP contribution is -2.21. The summed E-state index contributed by atoms with van der Waals surface area (Å²) in [5.74, 6) is 0.155. The second-order valence-electron chi connectivity index (χ2n) is 5.94. The Balaban J connectivity index is 0.00000125. The number of nitro benzene ring substituents is 1. The minimum absolute atomic E-state index is 0.0349. The second kappa shape index (κ2) is 12.4. The van der Waals surface area contributed by atoms with Crippen molar-refractivity contribution in [3.05, 3.63) is 68.3 Å². The molecule has 0 aromatic heterocycles. The van der Waals surface area contributed by atoms with Crippen molar-refractivity contribution in [2.24, 2.45) is 21.7 Å². The molecule has 16 heteroatoms. The summed E-state index contributed by atoms with van der Waals surface area (Å²) in [6.45, 7) is 1.95. The predicted octanol–water partition coefficient (Wildman–Crippen LogP) is 1.35. The zero-order chi connectivity index (χ0) is 25.0. The Bertz CT molecular complexity index is 1140. The molecule has 0 saturated heterocycles. The normalized spacial score (nSPS) is 10.6. The van der Waals surface area contributed by atoms with Crippen LogP contribution >= 0.6 is 0 Å². The van der Waals surface area contributed by atoms with Gasteiger partial charge < -0.3 is 25.6 Å². The topological polar surface area (TPSA) is 236 Å². The molecule has 0 aliphatic heterocycles. The zero-order valence-corrected chi connectivity index (χ0v) is 17.9. The van der Waals surface area contributed by atoms with Crippen LogP contribution in [0.25, 0.3) is 0 Å². The molecule has 2 aromatic carbocycles. The van der Waals surface area contributed by atoms with Gasteiger partial charge in [-0.3, -0.25) is 10.1 Å². The van der Waals surface area contributed by atoms with E-state index in [1.54, 1.807) is 13.0 Å². The van der Waals surface area contributed by atoms with E-state index >= 15 is 0 Å². The first-order valence-corrected chi connectivity index (χ1v) is 10.2. The lowest BCUT2D eigenvalue weighted by atomic mass is 10.2. The summed E-state index contributed by atoms with van der Waals surface area (Å²) >= 11 is 0. The molecule has 33 heavy (non-hydrogen) atoms. The van der Waals surface area contributed by atoms with E-state index < -0.39 is 30.7 Å². The molecule has 0 aliphatic rings. The fourth-order valence-corrected chi connectivity index (χ4v) is 3.31. The Morgan fingerprint density at radius 2 is 1.76 bits per heavy atom. The van der Waals surface area contributed by atoms with Crippen molar-refractivity contribution in [3.63, 3.8) is 0 Å². The average molecular weight is 484 g/mol. The number of nitrogens with zero attached hydrogens (tertiary/aromatic N) is 4. The molecule has 0 atom stereocenters. The maximum Gasteiger partial charge on any atom is 0.346 e. The Hall–Kier alpha value is -4.47. The van der Waals surface area contributed by atoms with Crippen molar-refractivity contribution in [1.82, 2.24) is 0 Å². The molecule has 15 nitrogen and oxygen atoms in total. The SMILES string of the molecule is Cc1cc(OCCC=NN=C(N)N)cc(OS(=O)(=O)c2ccccc2[N+](=O)[O-])c1.O=[N+]([O-])O. The van der Waals surface area contributed by atoms with Gasteiger partial charge >= 0.3 is 10.1 Å². The maximum atomic E-state index is 12.5. The van der Waals surface area contributed by atoms with E-state index in [2.05, 4.69) is 10.2 Å². The number of rotatable bonds is 9. The maximum absolute atomic E-state index is 12.5. The van der Waals surface area contributed by atoms with Gasteiger partial charge in [-0.1, -0.05) is 12.1 Å². The van der Waals surface area contributed by atoms with E-state index in [1.807, 2.05) is 0 Å². The van der Waals surface area contributed by atoms with Gasteiger partial charge in [-0.15, -0.1) is 15.2 Å². The lowest BCUT2D eigenvalue weighted by molar-refractivity contribution is -0.742. The van der Waals surface area contributed by atoms with Crippen LogP contribution in [0, 0.1) is 27.2 Å². The summed E-state index contributed by atoms with van der Waals surface area (Å²) in [7, 11) is -4.42. The number of hydrogen-bond donors (Lipinski definition) is 3. The first kappa shape index (κ1) is 26.6. The molecule has 5 N–H and O–H groups in total. The van der Waals surface area contributed by atoms with Crippen LogP contribution in [0.3, 0.4) is 0 Å². The average Bonchev–Trinajstić information content (AvgIpc) is 2.69. The van der Waals surface area contributed by atoms with Crippen LogP contribution in [0.15, 0.2) is 57.6 Å². The molecule has 0 aliphatic carbocycles. The Morgan fingerprint density at radius 3 is 2.36 bits per heavy atom. The van der Waals surface area contributed by atoms with Crippen molar-refractivity contribution in [3.8, 4) is 11.5 Å². The van der Waals surface area contributed by atoms with Gasteiger partial charge in [0.25, 0.3) is 10.8 Å². The number of ether oxygens (including phenoxy) is 1.